The van der Waals surface area contributed by atoms with E-state index >= 15 is 0 Å². The van der Waals surface area contributed by atoms with Crippen LogP contribution in [0.1, 0.15) is 18.3 Å². The third-order valence-electron chi connectivity index (χ3n) is 4.38. The molecule has 1 aromatic carbocycles. The number of hydrogen-bond donors (Lipinski definition) is 2. The number of thiophene rings is 1. The van der Waals surface area contributed by atoms with Crippen LogP contribution in [0.15, 0.2) is 50.2 Å². The van der Waals surface area contributed by atoms with Crippen LogP contribution >= 0.6 is 27.3 Å². The Bertz CT molecular complexity index is 1230. The number of H-pyrrole nitrogens is 1. The molecule has 0 saturated carbocycles. The van der Waals surface area contributed by atoms with Crippen molar-refractivity contribution >= 4 is 33.1 Å². The van der Waals surface area contributed by atoms with E-state index in [9.17, 15) is 4.79 Å². The molecule has 31 heavy (non-hydrogen) atoms. The normalized spacial score (nSPS) is 10.9. The van der Waals surface area contributed by atoms with Crippen LogP contribution in [0.4, 0.5) is 5.82 Å². The Hall–Kier alpha value is -2.98. The van der Waals surface area contributed by atoms with E-state index in [1.807, 2.05) is 38.1 Å². The Balaban J connectivity index is 1.56. The number of aryl methyl sites for hydroxylation is 1. The highest BCUT2D eigenvalue weighted by Gasteiger charge is 2.18. The molecular formula is C21H20BrN5O3S. The monoisotopic (exact) mass is 501 g/mol. The van der Waals surface area contributed by atoms with E-state index in [1.54, 1.807) is 0 Å². The van der Waals surface area contributed by atoms with Gasteiger partial charge in [0.2, 0.25) is 0 Å². The minimum absolute atomic E-state index is 0.336. The van der Waals surface area contributed by atoms with Crippen molar-refractivity contribution in [3.05, 3.63) is 62.8 Å². The lowest BCUT2D eigenvalue weighted by atomic mass is 10.1. The Kier molecular flexibility index (Phi) is 6.47. The van der Waals surface area contributed by atoms with Crippen molar-refractivity contribution in [3.8, 4) is 27.0 Å². The molecular weight excluding hydrogens is 482 g/mol. The van der Waals surface area contributed by atoms with Crippen LogP contribution in [0.3, 0.4) is 0 Å². The average Bonchev–Trinajstić information content (AvgIpc) is 3.36. The van der Waals surface area contributed by atoms with Crippen LogP contribution < -0.4 is 15.8 Å². The van der Waals surface area contributed by atoms with Gasteiger partial charge in [-0.25, -0.2) is 14.8 Å². The number of nitrogens with zero attached hydrogens (tertiary/aromatic N) is 3. The average molecular weight is 502 g/mol. The van der Waals surface area contributed by atoms with Crippen molar-refractivity contribution < 1.29 is 9.26 Å². The number of benzene rings is 1. The third kappa shape index (κ3) is 5.20. The molecule has 160 valence electrons. The lowest BCUT2D eigenvalue weighted by Gasteiger charge is -2.08. The minimum atomic E-state index is -0.609. The van der Waals surface area contributed by atoms with E-state index < -0.39 is 5.76 Å². The van der Waals surface area contributed by atoms with Gasteiger partial charge >= 0.3 is 5.76 Å². The predicted molar refractivity (Wildman–Crippen MR) is 124 cm³/mol. The maximum Gasteiger partial charge on any atom is 0.439 e. The maximum absolute atomic E-state index is 11.4. The zero-order valence-electron chi connectivity index (χ0n) is 16.9. The molecule has 0 amide bonds. The fraction of sp³-hybridized carbons (Fsp3) is 0.238. The molecule has 0 radical (unpaired) electrons. The molecule has 4 rings (SSSR count). The highest BCUT2D eigenvalue weighted by atomic mass is 79.9. The molecule has 8 nitrogen and oxygen atoms in total. The molecule has 0 saturated heterocycles. The Morgan fingerprint density at radius 3 is 2.74 bits per heavy atom. The molecule has 3 heterocycles. The smallest absolute Gasteiger partial charge is 0.439 e. The summed E-state index contributed by atoms with van der Waals surface area (Å²) in [6, 6.07) is 12.1. The summed E-state index contributed by atoms with van der Waals surface area (Å²) in [5, 5.41) is 7.16. The fourth-order valence-corrected chi connectivity index (χ4v) is 4.29. The molecule has 0 spiro atoms. The van der Waals surface area contributed by atoms with Gasteiger partial charge in [0.05, 0.1) is 17.2 Å². The summed E-state index contributed by atoms with van der Waals surface area (Å²) in [7, 11) is 0. The van der Waals surface area contributed by atoms with Crippen LogP contribution in [0.2, 0.25) is 0 Å². The molecule has 0 unspecified atom stereocenters. The second-order valence-corrected chi connectivity index (χ2v) is 8.64. The summed E-state index contributed by atoms with van der Waals surface area (Å²) < 4.78 is 11.4. The number of nitrogens with one attached hydrogen (secondary N) is 2. The molecule has 0 aliphatic carbocycles. The lowest BCUT2D eigenvalue weighted by molar-refractivity contribution is 0.342. The predicted octanol–water partition coefficient (Wildman–Crippen LogP) is 4.67. The first-order chi connectivity index (χ1) is 15.0. The fourth-order valence-electron chi connectivity index (χ4n) is 3.03. The molecule has 4 aromatic rings. The first kappa shape index (κ1) is 21.3. The van der Waals surface area contributed by atoms with Gasteiger partial charge in [-0.3, -0.25) is 9.51 Å². The number of halogens is 1. The summed E-state index contributed by atoms with van der Waals surface area (Å²) in [6.07, 6.45) is 0.878. The zero-order valence-corrected chi connectivity index (χ0v) is 19.3. The molecule has 0 aliphatic rings. The summed E-state index contributed by atoms with van der Waals surface area (Å²) in [6.45, 7) is 4.99. The van der Waals surface area contributed by atoms with Gasteiger partial charge in [-0.1, -0.05) is 33.2 Å². The van der Waals surface area contributed by atoms with E-state index in [0.717, 1.165) is 33.8 Å². The van der Waals surface area contributed by atoms with Gasteiger partial charge in [-0.05, 0) is 38.0 Å². The number of rotatable bonds is 8. The van der Waals surface area contributed by atoms with E-state index in [-0.39, 0.29) is 0 Å². The second-order valence-electron chi connectivity index (χ2n) is 6.67. The summed E-state index contributed by atoms with van der Waals surface area (Å²) in [4.78, 5) is 24.6. The first-order valence-electron chi connectivity index (χ1n) is 9.69. The van der Waals surface area contributed by atoms with Gasteiger partial charge in [0.25, 0.3) is 0 Å². The van der Waals surface area contributed by atoms with Crippen molar-refractivity contribution in [1.29, 1.82) is 0 Å². The van der Waals surface area contributed by atoms with Gasteiger partial charge < -0.3 is 10.1 Å². The number of hydrogen-bond acceptors (Lipinski definition) is 8. The molecule has 3 aromatic heterocycles. The van der Waals surface area contributed by atoms with Crippen molar-refractivity contribution in [2.24, 2.45) is 0 Å². The van der Waals surface area contributed by atoms with Crippen LogP contribution in [0, 0.1) is 6.92 Å². The highest BCUT2D eigenvalue weighted by molar-refractivity contribution is 9.10. The van der Waals surface area contributed by atoms with E-state index in [2.05, 4.69) is 58.0 Å². The van der Waals surface area contributed by atoms with Gasteiger partial charge in [0.1, 0.15) is 22.3 Å². The molecule has 2 N–H and O–H groups in total. The van der Waals surface area contributed by atoms with Gasteiger partial charge in [0.15, 0.2) is 5.82 Å². The molecule has 0 atom stereocenters. The quantitative estimate of drug-likeness (QED) is 0.361. The van der Waals surface area contributed by atoms with Crippen molar-refractivity contribution in [1.82, 2.24) is 20.1 Å². The van der Waals surface area contributed by atoms with Crippen LogP contribution in [0.5, 0.6) is 5.75 Å². The molecule has 0 bridgehead atoms. The Morgan fingerprint density at radius 1 is 1.23 bits per heavy atom. The summed E-state index contributed by atoms with van der Waals surface area (Å²) in [5.74, 6) is 1.76. The van der Waals surface area contributed by atoms with E-state index in [0.29, 0.717) is 28.9 Å². The van der Waals surface area contributed by atoms with E-state index in [1.165, 1.54) is 16.9 Å². The Morgan fingerprint density at radius 2 is 2.03 bits per heavy atom. The van der Waals surface area contributed by atoms with E-state index in [4.69, 9.17) is 4.74 Å². The molecule has 0 aliphatic heterocycles. The number of aromatic nitrogens is 4. The van der Waals surface area contributed by atoms with Crippen molar-refractivity contribution in [3.63, 3.8) is 0 Å². The Labute approximate surface area is 190 Å². The summed E-state index contributed by atoms with van der Waals surface area (Å²) >= 11 is 4.87. The second kappa shape index (κ2) is 9.44. The first-order valence-corrected chi connectivity index (χ1v) is 11.3. The van der Waals surface area contributed by atoms with Gasteiger partial charge in [-0.15, -0.1) is 11.3 Å². The standard InChI is InChI=1S/C21H20BrN5O3S/c1-3-29-16-11-17(31-19(16)20-26-21(28)30-27-20)15-10-18(25-12(2)24-15)23-9-8-13-4-6-14(22)7-5-13/h4-7,10-11H,3,8-9H2,1-2H3,(H,23,24,25)(H,26,27,28). The minimum Gasteiger partial charge on any atom is -0.492 e. The SMILES string of the molecule is CCOc1cc(-c2cc(NCCc3ccc(Br)cc3)nc(C)n2)sc1-c1noc(=O)[nH]1. The number of aromatic amines is 1. The maximum atomic E-state index is 11.4. The number of anilines is 1. The van der Waals surface area contributed by atoms with Gasteiger partial charge in [-0.2, -0.15) is 0 Å². The van der Waals surface area contributed by atoms with Crippen LogP contribution in [0.25, 0.3) is 21.3 Å². The van der Waals surface area contributed by atoms with Crippen molar-refractivity contribution in [2.45, 2.75) is 20.3 Å². The highest BCUT2D eigenvalue weighted by Crippen LogP contribution is 2.41. The van der Waals surface area contributed by atoms with Crippen LogP contribution in [-0.4, -0.2) is 33.3 Å². The van der Waals surface area contributed by atoms with Gasteiger partial charge in [0, 0.05) is 23.2 Å². The summed E-state index contributed by atoms with van der Waals surface area (Å²) in [5.41, 5.74) is 2.01. The third-order valence-corrected chi connectivity index (χ3v) is 6.05. The molecule has 0 fully saturated rings. The van der Waals surface area contributed by atoms with Crippen LogP contribution in [-0.2, 0) is 6.42 Å². The number of ether oxygens (including phenoxy) is 1. The zero-order chi connectivity index (χ0) is 21.8. The lowest BCUT2D eigenvalue weighted by Crippen LogP contribution is -2.07. The van der Waals surface area contributed by atoms with Crippen molar-refractivity contribution in [2.75, 3.05) is 18.5 Å². The largest absolute Gasteiger partial charge is 0.492 e. The topological polar surface area (TPSA) is 106 Å². The molecule has 10 heteroatoms.